The Morgan fingerprint density at radius 3 is 2.60 bits per heavy atom. The van der Waals surface area contributed by atoms with E-state index in [4.69, 9.17) is 0 Å². The van der Waals surface area contributed by atoms with Crippen LogP contribution in [0.15, 0.2) is 30.3 Å². The second kappa shape index (κ2) is 10.9. The van der Waals surface area contributed by atoms with Crippen molar-refractivity contribution in [1.82, 2.24) is 20.9 Å². The van der Waals surface area contributed by atoms with Gasteiger partial charge in [0.2, 0.25) is 11.8 Å². The zero-order valence-corrected chi connectivity index (χ0v) is 18.1. The maximum atomic E-state index is 12.9. The minimum Gasteiger partial charge on any atom is -0.378 e. The molecule has 5 atom stereocenters. The van der Waals surface area contributed by atoms with Crippen molar-refractivity contribution in [2.24, 2.45) is 5.92 Å². The van der Waals surface area contributed by atoms with E-state index in [2.05, 4.69) is 16.0 Å². The van der Waals surface area contributed by atoms with E-state index < -0.39 is 6.23 Å². The molecule has 0 unspecified atom stereocenters. The third-order valence-electron chi connectivity index (χ3n) is 6.62. The summed E-state index contributed by atoms with van der Waals surface area (Å²) in [6.07, 6.45) is 4.52. The number of carbonyl (C=O) groups excluding carboxylic acids is 2. The molecule has 166 valence electrons. The van der Waals surface area contributed by atoms with Gasteiger partial charge in [-0.25, -0.2) is 0 Å². The normalized spacial score (nSPS) is 27.7. The average Bonchev–Trinajstić information content (AvgIpc) is 3.12. The summed E-state index contributed by atoms with van der Waals surface area (Å²) >= 11 is 0. The Balaban J connectivity index is 1.60. The van der Waals surface area contributed by atoms with Crippen LogP contribution in [0.2, 0.25) is 0 Å². The number of nitrogens with zero attached hydrogens (tertiary/aromatic N) is 1. The topological polar surface area (TPSA) is 93.7 Å². The molecule has 3 rings (SSSR count). The lowest BCUT2D eigenvalue weighted by Crippen LogP contribution is -2.54. The van der Waals surface area contributed by atoms with Gasteiger partial charge in [-0.05, 0) is 44.7 Å². The van der Waals surface area contributed by atoms with Crippen LogP contribution in [0.1, 0.15) is 51.0 Å². The van der Waals surface area contributed by atoms with Crippen molar-refractivity contribution in [3.63, 3.8) is 0 Å². The van der Waals surface area contributed by atoms with Crippen LogP contribution in [0.3, 0.4) is 0 Å². The molecular formula is C23H36N4O3. The fourth-order valence-electron chi connectivity index (χ4n) is 4.86. The van der Waals surface area contributed by atoms with E-state index in [0.717, 1.165) is 37.7 Å². The second-order valence-corrected chi connectivity index (χ2v) is 8.50. The summed E-state index contributed by atoms with van der Waals surface area (Å²) in [6, 6.07) is 9.56. The molecule has 4 N–H and O–H groups in total. The molecule has 0 saturated carbocycles. The monoisotopic (exact) mass is 416 g/mol. The summed E-state index contributed by atoms with van der Waals surface area (Å²) in [5.74, 6) is -0.131. The van der Waals surface area contributed by atoms with Crippen LogP contribution in [-0.2, 0) is 16.1 Å². The Hall–Kier alpha value is -1.96. The zero-order chi connectivity index (χ0) is 21.5. The Morgan fingerprint density at radius 2 is 1.90 bits per heavy atom. The third-order valence-corrected chi connectivity index (χ3v) is 6.62. The smallest absolute Gasteiger partial charge is 0.237 e. The van der Waals surface area contributed by atoms with Gasteiger partial charge in [0.25, 0.3) is 0 Å². The van der Waals surface area contributed by atoms with E-state index in [0.29, 0.717) is 19.5 Å². The third kappa shape index (κ3) is 5.39. The lowest BCUT2D eigenvalue weighted by Gasteiger charge is -2.35. The van der Waals surface area contributed by atoms with Crippen molar-refractivity contribution in [1.29, 1.82) is 0 Å². The highest BCUT2D eigenvalue weighted by molar-refractivity contribution is 5.82. The van der Waals surface area contributed by atoms with Gasteiger partial charge >= 0.3 is 0 Å². The molecule has 7 heteroatoms. The van der Waals surface area contributed by atoms with Crippen molar-refractivity contribution in [2.75, 3.05) is 13.6 Å². The molecule has 30 heavy (non-hydrogen) atoms. The summed E-state index contributed by atoms with van der Waals surface area (Å²) < 4.78 is 0. The summed E-state index contributed by atoms with van der Waals surface area (Å²) in [7, 11) is 1.78. The lowest BCUT2D eigenvalue weighted by atomic mass is 9.99. The summed E-state index contributed by atoms with van der Waals surface area (Å²) in [6.45, 7) is 2.89. The van der Waals surface area contributed by atoms with Crippen molar-refractivity contribution >= 4 is 11.8 Å². The van der Waals surface area contributed by atoms with Crippen LogP contribution < -0.4 is 16.0 Å². The molecule has 0 aromatic heterocycles. The maximum Gasteiger partial charge on any atom is 0.237 e. The standard InChI is InChI=1S/C23H36N4O3/c1-3-19(24-2)21(28)26-15-17-10-7-11-18-12-13-20(27(18)23(17)30)22(29)25-14-16-8-5-4-6-9-16/h4-6,8-9,17-20,23-24,30H,3,7,10-15H2,1-2H3,(H,25,29)(H,26,28)/t17-,18+,19+,20+,23+/m1/s1. The number of hydrogen-bond donors (Lipinski definition) is 4. The van der Waals surface area contributed by atoms with Crippen LogP contribution >= 0.6 is 0 Å². The molecule has 1 aromatic rings. The number of hydrogen-bond acceptors (Lipinski definition) is 5. The maximum absolute atomic E-state index is 12.9. The molecule has 0 spiro atoms. The minimum absolute atomic E-state index is 0.0219. The molecule has 0 aliphatic carbocycles. The van der Waals surface area contributed by atoms with E-state index in [1.54, 1.807) is 7.05 Å². The van der Waals surface area contributed by atoms with Gasteiger partial charge in [-0.2, -0.15) is 0 Å². The molecule has 2 aliphatic heterocycles. The van der Waals surface area contributed by atoms with Crippen molar-refractivity contribution in [3.8, 4) is 0 Å². The first-order valence-electron chi connectivity index (χ1n) is 11.3. The molecule has 2 fully saturated rings. The molecule has 1 aromatic carbocycles. The lowest BCUT2D eigenvalue weighted by molar-refractivity contribution is -0.134. The minimum atomic E-state index is -0.720. The molecule has 2 amide bonds. The Bertz CT molecular complexity index is 695. The van der Waals surface area contributed by atoms with Crippen LogP contribution in [0.25, 0.3) is 0 Å². The molecule has 7 nitrogen and oxygen atoms in total. The fraction of sp³-hybridized carbons (Fsp3) is 0.652. The van der Waals surface area contributed by atoms with Gasteiger partial charge in [0.05, 0.1) is 12.1 Å². The number of nitrogens with one attached hydrogen (secondary N) is 3. The first-order chi connectivity index (χ1) is 14.5. The van der Waals surface area contributed by atoms with Gasteiger partial charge in [0.15, 0.2) is 0 Å². The first kappa shape index (κ1) is 22.7. The van der Waals surface area contributed by atoms with Gasteiger partial charge in [-0.15, -0.1) is 0 Å². The quantitative estimate of drug-likeness (QED) is 0.514. The fourth-order valence-corrected chi connectivity index (χ4v) is 4.86. The van der Waals surface area contributed by atoms with E-state index in [1.165, 1.54) is 0 Å². The summed E-state index contributed by atoms with van der Waals surface area (Å²) in [5, 5.41) is 20.2. The number of likely N-dealkylation sites (N-methyl/N-ethyl adjacent to an activating group) is 1. The van der Waals surface area contributed by atoms with E-state index in [-0.39, 0.29) is 35.9 Å². The van der Waals surface area contributed by atoms with Crippen molar-refractivity contribution in [2.45, 2.75) is 76.3 Å². The Morgan fingerprint density at radius 1 is 1.13 bits per heavy atom. The highest BCUT2D eigenvalue weighted by Crippen LogP contribution is 2.35. The number of aliphatic hydroxyl groups excluding tert-OH is 1. The van der Waals surface area contributed by atoms with Gasteiger partial charge < -0.3 is 21.1 Å². The SMILES string of the molecule is CC[C@H](NC)C(=O)NC[C@H]1CCC[C@H]2CC[C@@H](C(=O)NCc3ccccc3)N2[C@H]1O. The van der Waals surface area contributed by atoms with E-state index >= 15 is 0 Å². The van der Waals surface area contributed by atoms with Crippen molar-refractivity contribution in [3.05, 3.63) is 35.9 Å². The molecule has 2 saturated heterocycles. The molecule has 2 aliphatic rings. The molecule has 0 bridgehead atoms. The highest BCUT2D eigenvalue weighted by Gasteiger charge is 2.44. The van der Waals surface area contributed by atoms with Crippen LogP contribution in [0.5, 0.6) is 0 Å². The van der Waals surface area contributed by atoms with Crippen LogP contribution in [0, 0.1) is 5.92 Å². The van der Waals surface area contributed by atoms with Gasteiger partial charge in [-0.3, -0.25) is 14.5 Å². The number of benzene rings is 1. The Kier molecular flexibility index (Phi) is 8.24. The van der Waals surface area contributed by atoms with E-state index in [1.807, 2.05) is 42.2 Å². The number of carbonyl (C=O) groups is 2. The predicted octanol–water partition coefficient (Wildman–Crippen LogP) is 1.37. The van der Waals surface area contributed by atoms with E-state index in [9.17, 15) is 14.7 Å². The number of amides is 2. The predicted molar refractivity (Wildman–Crippen MR) is 116 cm³/mol. The summed E-state index contributed by atoms with van der Waals surface area (Å²) in [5.41, 5.74) is 1.06. The number of aliphatic hydroxyl groups is 1. The van der Waals surface area contributed by atoms with Crippen molar-refractivity contribution < 1.29 is 14.7 Å². The summed E-state index contributed by atoms with van der Waals surface area (Å²) in [4.78, 5) is 27.3. The number of fused-ring (bicyclic) bond motifs is 1. The van der Waals surface area contributed by atoms with Gasteiger partial charge in [-0.1, -0.05) is 43.7 Å². The molecule has 2 heterocycles. The molecular weight excluding hydrogens is 380 g/mol. The van der Waals surface area contributed by atoms with Crippen LogP contribution in [0.4, 0.5) is 0 Å². The van der Waals surface area contributed by atoms with Crippen LogP contribution in [-0.4, -0.2) is 59.8 Å². The first-order valence-corrected chi connectivity index (χ1v) is 11.3. The van der Waals surface area contributed by atoms with Gasteiger partial charge in [0, 0.05) is 25.0 Å². The Labute approximate surface area is 179 Å². The number of rotatable bonds is 8. The molecule has 0 radical (unpaired) electrons. The average molecular weight is 417 g/mol. The zero-order valence-electron chi connectivity index (χ0n) is 18.1. The highest BCUT2D eigenvalue weighted by atomic mass is 16.3. The largest absolute Gasteiger partial charge is 0.378 e. The second-order valence-electron chi connectivity index (χ2n) is 8.50. The van der Waals surface area contributed by atoms with Gasteiger partial charge in [0.1, 0.15) is 6.23 Å².